The van der Waals surface area contributed by atoms with Crippen LogP contribution < -0.4 is 5.32 Å². The topological polar surface area (TPSA) is 87.5 Å². The highest BCUT2D eigenvalue weighted by molar-refractivity contribution is 5.07. The van der Waals surface area contributed by atoms with Gasteiger partial charge >= 0.3 is 0 Å². The van der Waals surface area contributed by atoms with Crippen molar-refractivity contribution in [2.75, 3.05) is 26.4 Å². The highest BCUT2D eigenvalue weighted by Crippen LogP contribution is 2.35. The van der Waals surface area contributed by atoms with E-state index >= 15 is 0 Å². The number of ether oxygens (including phenoxy) is 1. The summed E-state index contributed by atoms with van der Waals surface area (Å²) in [6, 6.07) is 2.15. The summed E-state index contributed by atoms with van der Waals surface area (Å²) in [5.74, 6) is 1.51. The van der Waals surface area contributed by atoms with Gasteiger partial charge in [-0.05, 0) is 57.1 Å². The van der Waals surface area contributed by atoms with Gasteiger partial charge in [-0.15, -0.1) is 0 Å². The van der Waals surface area contributed by atoms with Gasteiger partial charge in [0.25, 0.3) is 0 Å². The average molecular weight is 335 g/mol. The maximum absolute atomic E-state index is 10.3. The summed E-state index contributed by atoms with van der Waals surface area (Å²) in [5, 5.41) is 23.7. The molecule has 2 heterocycles. The Hall–Kier alpha value is -1.08. The normalized spacial score (nSPS) is 31.5. The largest absolute Gasteiger partial charge is 0.396 e. The summed E-state index contributed by atoms with van der Waals surface area (Å²) < 4.78 is 5.42. The molecule has 1 saturated carbocycles. The Morgan fingerprint density at radius 3 is 2.79 bits per heavy atom. The van der Waals surface area contributed by atoms with Crippen LogP contribution in [0.2, 0.25) is 0 Å². The van der Waals surface area contributed by atoms with E-state index < -0.39 is 6.10 Å². The van der Waals surface area contributed by atoms with Crippen molar-refractivity contribution in [1.29, 1.82) is 0 Å². The van der Waals surface area contributed by atoms with Crippen LogP contribution in [0.5, 0.6) is 0 Å². The van der Waals surface area contributed by atoms with E-state index in [4.69, 9.17) is 4.74 Å². The van der Waals surface area contributed by atoms with Crippen LogP contribution in [0.25, 0.3) is 0 Å². The fourth-order valence-electron chi connectivity index (χ4n) is 4.11. The molecule has 1 aromatic rings. The van der Waals surface area contributed by atoms with E-state index in [1.165, 1.54) is 0 Å². The lowest BCUT2D eigenvalue weighted by molar-refractivity contribution is 0.0642. The molecule has 2 fully saturated rings. The molecular weight excluding hydrogens is 306 g/mol. The number of nitrogens with zero attached hydrogens (tertiary/aromatic N) is 2. The van der Waals surface area contributed by atoms with Crippen molar-refractivity contribution < 1.29 is 14.9 Å². The average Bonchev–Trinajstić information content (AvgIpc) is 2.88. The first kappa shape index (κ1) is 17.7. The molecule has 6 nitrogen and oxygen atoms in total. The number of rotatable bonds is 6. The molecule has 3 rings (SSSR count). The van der Waals surface area contributed by atoms with Crippen molar-refractivity contribution >= 4 is 0 Å². The predicted octanol–water partition coefficient (Wildman–Crippen LogP) is 0.702. The zero-order chi connectivity index (χ0) is 16.9. The van der Waals surface area contributed by atoms with Crippen molar-refractivity contribution in [1.82, 2.24) is 15.3 Å². The van der Waals surface area contributed by atoms with E-state index in [0.29, 0.717) is 12.3 Å². The van der Waals surface area contributed by atoms with Gasteiger partial charge in [-0.2, -0.15) is 0 Å². The zero-order valence-electron chi connectivity index (χ0n) is 14.4. The Balaban J connectivity index is 1.64. The SMILES string of the molecule is Cc1nccc(C[C@@H]2[C@@H](CO)[C@H](O)C[C@H]2NCC2CCOCC2)n1. The Morgan fingerprint density at radius 2 is 2.08 bits per heavy atom. The number of aromatic nitrogens is 2. The number of aliphatic hydroxyl groups excluding tert-OH is 2. The van der Waals surface area contributed by atoms with Crippen LogP contribution in [0, 0.1) is 24.7 Å². The monoisotopic (exact) mass is 335 g/mol. The minimum atomic E-state index is -0.449. The molecule has 0 radical (unpaired) electrons. The van der Waals surface area contributed by atoms with E-state index in [9.17, 15) is 10.2 Å². The lowest BCUT2D eigenvalue weighted by atomic mass is 9.88. The van der Waals surface area contributed by atoms with E-state index in [2.05, 4.69) is 15.3 Å². The fourth-order valence-corrected chi connectivity index (χ4v) is 4.11. The maximum atomic E-state index is 10.3. The lowest BCUT2D eigenvalue weighted by Crippen LogP contribution is -2.40. The van der Waals surface area contributed by atoms with Gasteiger partial charge in [0.1, 0.15) is 5.82 Å². The smallest absolute Gasteiger partial charge is 0.125 e. The Labute approximate surface area is 143 Å². The van der Waals surface area contributed by atoms with E-state index in [1.54, 1.807) is 6.20 Å². The fraction of sp³-hybridized carbons (Fsp3) is 0.778. The predicted molar refractivity (Wildman–Crippen MR) is 90.5 cm³/mol. The van der Waals surface area contributed by atoms with Crippen LogP contribution in [0.4, 0.5) is 0 Å². The van der Waals surface area contributed by atoms with Gasteiger partial charge in [0.2, 0.25) is 0 Å². The molecule has 2 aliphatic rings. The first-order valence-corrected chi connectivity index (χ1v) is 9.06. The Kier molecular flexibility index (Phi) is 6.16. The third-order valence-corrected chi connectivity index (χ3v) is 5.56. The second kappa shape index (κ2) is 8.34. The summed E-state index contributed by atoms with van der Waals surface area (Å²) >= 11 is 0. The molecule has 0 spiro atoms. The van der Waals surface area contributed by atoms with Crippen molar-refractivity contribution in [3.63, 3.8) is 0 Å². The second-order valence-corrected chi connectivity index (χ2v) is 7.18. The van der Waals surface area contributed by atoms with Gasteiger partial charge in [0.15, 0.2) is 0 Å². The van der Waals surface area contributed by atoms with Crippen molar-refractivity contribution in [2.45, 2.75) is 44.8 Å². The lowest BCUT2D eigenvalue weighted by Gasteiger charge is -2.28. The maximum Gasteiger partial charge on any atom is 0.125 e. The summed E-state index contributed by atoms with van der Waals surface area (Å²) in [5.41, 5.74) is 0.984. The highest BCUT2D eigenvalue weighted by atomic mass is 16.5. The number of aliphatic hydroxyl groups is 2. The molecule has 0 amide bonds. The van der Waals surface area contributed by atoms with Crippen LogP contribution >= 0.6 is 0 Å². The Bertz CT molecular complexity index is 522. The van der Waals surface area contributed by atoms with Crippen LogP contribution in [0.1, 0.15) is 30.8 Å². The molecule has 1 saturated heterocycles. The van der Waals surface area contributed by atoms with Crippen LogP contribution in [0.15, 0.2) is 12.3 Å². The molecule has 6 heteroatoms. The molecule has 4 atom stereocenters. The van der Waals surface area contributed by atoms with Gasteiger partial charge in [0.05, 0.1) is 6.10 Å². The third-order valence-electron chi connectivity index (χ3n) is 5.56. The van der Waals surface area contributed by atoms with E-state index in [1.807, 2.05) is 13.0 Å². The highest BCUT2D eigenvalue weighted by Gasteiger charge is 2.42. The minimum absolute atomic E-state index is 0.0192. The van der Waals surface area contributed by atoms with Crippen molar-refractivity contribution in [2.24, 2.45) is 17.8 Å². The first-order valence-electron chi connectivity index (χ1n) is 9.06. The number of hydrogen-bond donors (Lipinski definition) is 3. The second-order valence-electron chi connectivity index (χ2n) is 7.18. The number of aryl methyl sites for hydroxylation is 1. The van der Waals surface area contributed by atoms with Crippen LogP contribution in [-0.4, -0.2) is 58.7 Å². The van der Waals surface area contributed by atoms with E-state index in [0.717, 1.165) is 50.5 Å². The Morgan fingerprint density at radius 1 is 1.29 bits per heavy atom. The van der Waals surface area contributed by atoms with Gasteiger partial charge in [-0.3, -0.25) is 0 Å². The van der Waals surface area contributed by atoms with Crippen molar-refractivity contribution in [3.8, 4) is 0 Å². The molecular formula is C18H29N3O3. The molecule has 1 aromatic heterocycles. The van der Waals surface area contributed by atoms with E-state index in [-0.39, 0.29) is 24.5 Å². The molecule has 134 valence electrons. The quantitative estimate of drug-likeness (QED) is 0.709. The number of hydrogen-bond acceptors (Lipinski definition) is 6. The molecule has 24 heavy (non-hydrogen) atoms. The summed E-state index contributed by atoms with van der Waals surface area (Å²) in [6.07, 6.45) is 4.99. The standard InChI is InChI=1S/C18H29N3O3/c1-12-19-5-2-14(21-12)8-15-16(11-22)18(23)9-17(15)20-10-13-3-6-24-7-4-13/h2,5,13,15-18,20,22-23H,3-4,6-11H2,1H3/t15-,16-,17-,18-/m1/s1. The van der Waals surface area contributed by atoms with Crippen LogP contribution in [0.3, 0.4) is 0 Å². The third kappa shape index (κ3) is 4.30. The van der Waals surface area contributed by atoms with Gasteiger partial charge in [-0.1, -0.05) is 0 Å². The molecule has 3 N–H and O–H groups in total. The van der Waals surface area contributed by atoms with Gasteiger partial charge in [-0.25, -0.2) is 9.97 Å². The summed E-state index contributed by atoms with van der Waals surface area (Å²) in [7, 11) is 0. The number of nitrogens with one attached hydrogen (secondary N) is 1. The molecule has 1 aliphatic heterocycles. The first-order chi connectivity index (χ1) is 11.7. The van der Waals surface area contributed by atoms with Crippen LogP contribution in [-0.2, 0) is 11.2 Å². The molecule has 0 bridgehead atoms. The van der Waals surface area contributed by atoms with Gasteiger partial charge in [0, 0.05) is 43.7 Å². The molecule has 0 aromatic carbocycles. The zero-order valence-corrected chi connectivity index (χ0v) is 14.4. The summed E-state index contributed by atoms with van der Waals surface area (Å²) in [4.78, 5) is 8.64. The van der Waals surface area contributed by atoms with Crippen molar-refractivity contribution in [3.05, 3.63) is 23.8 Å². The molecule has 0 unspecified atom stereocenters. The van der Waals surface area contributed by atoms with Gasteiger partial charge < -0.3 is 20.3 Å². The minimum Gasteiger partial charge on any atom is -0.396 e. The molecule has 1 aliphatic carbocycles. The summed E-state index contributed by atoms with van der Waals surface area (Å²) in [6.45, 7) is 4.56.